The van der Waals surface area contributed by atoms with Gasteiger partial charge < -0.3 is 9.47 Å². The van der Waals surface area contributed by atoms with Crippen LogP contribution < -0.4 is 0 Å². The minimum absolute atomic E-state index is 0.0373. The molecule has 0 radical (unpaired) electrons. The van der Waals surface area contributed by atoms with Crippen molar-refractivity contribution in [2.75, 3.05) is 19.8 Å². The van der Waals surface area contributed by atoms with E-state index in [0.29, 0.717) is 6.61 Å². The third-order valence-corrected chi connectivity index (χ3v) is 2.92. The zero-order valence-corrected chi connectivity index (χ0v) is 10.1. The zero-order valence-electron chi connectivity index (χ0n) is 9.30. The molecule has 0 bridgehead atoms. The Morgan fingerprint density at radius 3 is 2.50 bits per heavy atom. The van der Waals surface area contributed by atoms with Gasteiger partial charge in [0.1, 0.15) is 0 Å². The number of ether oxygens (including phenoxy) is 2. The zero-order chi connectivity index (χ0) is 13.2. The van der Waals surface area contributed by atoms with Gasteiger partial charge in [-0.15, -0.1) is 0 Å². The van der Waals surface area contributed by atoms with Crippen molar-refractivity contribution < 1.29 is 19.2 Å². The Bertz CT molecular complexity index is 467. The number of nitro benzene ring substituents is 1. The van der Waals surface area contributed by atoms with Crippen LogP contribution in [-0.2, 0) is 9.47 Å². The highest BCUT2D eigenvalue weighted by molar-refractivity contribution is 6.37. The molecule has 1 heterocycles. The fourth-order valence-corrected chi connectivity index (χ4v) is 1.85. The van der Waals surface area contributed by atoms with Crippen LogP contribution in [0.3, 0.4) is 0 Å². The van der Waals surface area contributed by atoms with Crippen LogP contribution in [0.15, 0.2) is 24.3 Å². The van der Waals surface area contributed by atoms with Crippen molar-refractivity contribution in [3.05, 3.63) is 39.9 Å². The maximum Gasteiger partial charge on any atom is 0.269 e. The normalized spacial score (nSPS) is 23.6. The molecule has 0 saturated carbocycles. The number of benzene rings is 1. The fraction of sp³-hybridized carbons (Fsp3) is 0.364. The predicted octanol–water partition coefficient (Wildman–Crippen LogP) is 1.76. The molecule has 0 aromatic heterocycles. The third-order valence-electron chi connectivity index (χ3n) is 2.53. The van der Waals surface area contributed by atoms with Crippen molar-refractivity contribution in [1.29, 1.82) is 0 Å². The van der Waals surface area contributed by atoms with E-state index in [2.05, 4.69) is 0 Å². The van der Waals surface area contributed by atoms with Crippen LogP contribution in [0.4, 0.5) is 5.69 Å². The van der Waals surface area contributed by atoms with Gasteiger partial charge in [0, 0.05) is 17.7 Å². The number of nitro groups is 1. The lowest BCUT2D eigenvalue weighted by Crippen LogP contribution is -2.45. The highest BCUT2D eigenvalue weighted by atomic mass is 35.5. The summed E-state index contributed by atoms with van der Waals surface area (Å²) in [6.45, 7) is 0.592. The number of carbonyl (C=O) groups is 1. The van der Waals surface area contributed by atoms with Crippen LogP contribution in [0.1, 0.15) is 10.4 Å². The quantitative estimate of drug-likeness (QED) is 0.362. The minimum atomic E-state index is -1.53. The van der Waals surface area contributed by atoms with E-state index in [1.807, 2.05) is 0 Å². The summed E-state index contributed by atoms with van der Waals surface area (Å²) in [6.07, 6.45) is 0. The lowest BCUT2D eigenvalue weighted by Gasteiger charge is -2.29. The maximum atomic E-state index is 12.1. The summed E-state index contributed by atoms with van der Waals surface area (Å²) in [5.74, 6) is -0.459. The fourth-order valence-electron chi connectivity index (χ4n) is 1.59. The summed E-state index contributed by atoms with van der Waals surface area (Å²) >= 11 is 6.03. The van der Waals surface area contributed by atoms with E-state index >= 15 is 0 Å². The predicted molar refractivity (Wildman–Crippen MR) is 62.8 cm³/mol. The number of Topliss-reactive ketones (excluding diaryl/α,β-unsaturated/α-hetero) is 1. The van der Waals surface area contributed by atoms with Crippen molar-refractivity contribution in [2.45, 2.75) is 5.06 Å². The summed E-state index contributed by atoms with van der Waals surface area (Å²) in [5, 5.41) is 8.96. The second-order valence-electron chi connectivity index (χ2n) is 3.76. The molecule has 1 aromatic carbocycles. The molecule has 1 aliphatic heterocycles. The summed E-state index contributed by atoms with van der Waals surface area (Å²) < 4.78 is 10.3. The lowest BCUT2D eigenvalue weighted by atomic mass is 10.1. The first-order valence-electron chi connectivity index (χ1n) is 5.23. The number of halogens is 1. The second-order valence-corrected chi connectivity index (χ2v) is 4.37. The van der Waals surface area contributed by atoms with Gasteiger partial charge in [0.25, 0.3) is 5.69 Å². The van der Waals surface area contributed by atoms with Gasteiger partial charge in [-0.05, 0) is 12.1 Å². The number of alkyl halides is 1. The van der Waals surface area contributed by atoms with Gasteiger partial charge >= 0.3 is 0 Å². The molecule has 0 spiro atoms. The van der Waals surface area contributed by atoms with Gasteiger partial charge in [0.05, 0.1) is 24.7 Å². The first-order valence-corrected chi connectivity index (χ1v) is 5.60. The first-order chi connectivity index (χ1) is 8.53. The number of non-ortho nitro benzene ring substituents is 1. The Kier molecular flexibility index (Phi) is 3.60. The molecule has 1 unspecified atom stereocenters. The smallest absolute Gasteiger partial charge is 0.269 e. The van der Waals surface area contributed by atoms with Gasteiger partial charge in [0.15, 0.2) is 0 Å². The van der Waals surface area contributed by atoms with Crippen LogP contribution in [0.25, 0.3) is 0 Å². The highest BCUT2D eigenvalue weighted by Crippen LogP contribution is 2.26. The van der Waals surface area contributed by atoms with E-state index in [9.17, 15) is 14.9 Å². The van der Waals surface area contributed by atoms with E-state index in [1.54, 1.807) is 0 Å². The number of ketones is 1. The number of hydrogen-bond donors (Lipinski definition) is 0. The van der Waals surface area contributed by atoms with Crippen molar-refractivity contribution in [3.63, 3.8) is 0 Å². The van der Waals surface area contributed by atoms with Crippen molar-refractivity contribution in [1.82, 2.24) is 0 Å². The van der Waals surface area contributed by atoms with Gasteiger partial charge in [-0.3, -0.25) is 14.9 Å². The summed E-state index contributed by atoms with van der Waals surface area (Å²) in [4.78, 5) is 22.1. The highest BCUT2D eigenvalue weighted by Gasteiger charge is 2.40. The van der Waals surface area contributed by atoms with E-state index in [1.165, 1.54) is 24.3 Å². The molecule has 6 nitrogen and oxygen atoms in total. The Morgan fingerprint density at radius 2 is 2.00 bits per heavy atom. The third kappa shape index (κ3) is 2.50. The summed E-state index contributed by atoms with van der Waals surface area (Å²) in [5.41, 5.74) is 0.164. The number of hydrogen-bond acceptors (Lipinski definition) is 5. The molecular formula is C11H10ClNO5. The van der Waals surface area contributed by atoms with Gasteiger partial charge in [-0.2, -0.15) is 0 Å². The van der Waals surface area contributed by atoms with Crippen LogP contribution in [0, 0.1) is 10.1 Å². The Labute approximate surface area is 108 Å². The largest absolute Gasteiger partial charge is 0.374 e. The molecule has 1 fully saturated rings. The summed E-state index contributed by atoms with van der Waals surface area (Å²) in [6, 6.07) is 5.19. The molecule has 2 rings (SSSR count). The number of rotatable bonds is 3. The molecule has 0 aliphatic carbocycles. The molecule has 0 N–H and O–H groups in total. The van der Waals surface area contributed by atoms with Gasteiger partial charge in [0.2, 0.25) is 10.8 Å². The van der Waals surface area contributed by atoms with Crippen molar-refractivity contribution in [2.24, 2.45) is 0 Å². The average molecular weight is 272 g/mol. The Hall–Kier alpha value is -1.50. The molecule has 1 aromatic rings. The average Bonchev–Trinajstić information content (AvgIpc) is 2.39. The molecule has 1 saturated heterocycles. The van der Waals surface area contributed by atoms with E-state index in [0.717, 1.165) is 0 Å². The molecule has 96 valence electrons. The van der Waals surface area contributed by atoms with Crippen LogP contribution in [0.2, 0.25) is 0 Å². The van der Waals surface area contributed by atoms with E-state index < -0.39 is 15.8 Å². The SMILES string of the molecule is O=C(c1ccc([N+](=O)[O-])cc1)C1(Cl)COCCO1. The minimum Gasteiger partial charge on any atom is -0.374 e. The molecular weight excluding hydrogens is 262 g/mol. The number of nitrogens with zero attached hydrogens (tertiary/aromatic N) is 1. The van der Waals surface area contributed by atoms with E-state index in [-0.39, 0.29) is 24.5 Å². The first kappa shape index (κ1) is 12.9. The van der Waals surface area contributed by atoms with Crippen molar-refractivity contribution in [3.8, 4) is 0 Å². The van der Waals surface area contributed by atoms with Crippen molar-refractivity contribution >= 4 is 23.1 Å². The van der Waals surface area contributed by atoms with Gasteiger partial charge in [-0.1, -0.05) is 11.6 Å². The van der Waals surface area contributed by atoms with Gasteiger partial charge in [-0.25, -0.2) is 0 Å². The monoisotopic (exact) mass is 271 g/mol. The Morgan fingerprint density at radius 1 is 1.33 bits per heavy atom. The molecule has 1 aliphatic rings. The Balaban J connectivity index is 2.20. The molecule has 7 heteroatoms. The maximum absolute atomic E-state index is 12.1. The topological polar surface area (TPSA) is 78.7 Å². The van der Waals surface area contributed by atoms with Crippen LogP contribution in [-0.4, -0.2) is 35.6 Å². The second kappa shape index (κ2) is 5.01. The molecule has 0 amide bonds. The number of carbonyl (C=O) groups excluding carboxylic acids is 1. The van der Waals surface area contributed by atoms with Crippen LogP contribution >= 0.6 is 11.6 Å². The summed E-state index contributed by atoms with van der Waals surface area (Å²) in [7, 11) is 0. The van der Waals surface area contributed by atoms with Crippen LogP contribution in [0.5, 0.6) is 0 Å². The molecule has 18 heavy (non-hydrogen) atoms. The van der Waals surface area contributed by atoms with E-state index in [4.69, 9.17) is 21.1 Å². The lowest BCUT2D eigenvalue weighted by molar-refractivity contribution is -0.384. The molecule has 1 atom stereocenters. The standard InChI is InChI=1S/C11H10ClNO5/c12-11(7-17-5-6-18-11)10(14)8-1-3-9(4-2-8)13(15)16/h1-4H,5-7H2.